The second-order valence-electron chi connectivity index (χ2n) is 1.91. The van der Waals surface area contributed by atoms with Crippen LogP contribution < -0.4 is 11.7 Å². The lowest BCUT2D eigenvalue weighted by molar-refractivity contribution is 1.26. The Balaban J connectivity index is 0.000000189. The number of H-pyrrole nitrogens is 1. The minimum absolute atomic E-state index is 1.75. The first-order valence-electron chi connectivity index (χ1n) is 3.76. The Morgan fingerprint density at radius 2 is 1.31 bits per heavy atom. The van der Waals surface area contributed by atoms with Gasteiger partial charge in [-0.1, -0.05) is 6.07 Å². The lowest BCUT2D eigenvalue weighted by Gasteiger charge is -1.70. The van der Waals surface area contributed by atoms with Crippen LogP contribution in [0.2, 0.25) is 0 Å². The highest BCUT2D eigenvalue weighted by Gasteiger charge is 1.58. The molecule has 0 saturated carbocycles. The van der Waals surface area contributed by atoms with Crippen molar-refractivity contribution >= 4 is 0 Å². The minimum atomic E-state index is 1.75. The number of rotatable bonds is 0. The van der Waals surface area contributed by atoms with Crippen molar-refractivity contribution in [3.05, 3.63) is 55.1 Å². The molecule has 5 N–H and O–H groups in total. The lowest BCUT2D eigenvalue weighted by Crippen LogP contribution is -2.02. The highest BCUT2D eigenvalue weighted by Crippen LogP contribution is 1.73. The van der Waals surface area contributed by atoms with Crippen LogP contribution in [0.3, 0.4) is 0 Å². The van der Waals surface area contributed by atoms with Crippen molar-refractivity contribution < 1.29 is 0 Å². The van der Waals surface area contributed by atoms with Gasteiger partial charge in [-0.25, -0.2) is 0 Å². The molecule has 4 heteroatoms. The summed E-state index contributed by atoms with van der Waals surface area (Å²) >= 11 is 0. The molecular formula is C9H14N4. The average Bonchev–Trinajstić information content (AvgIpc) is 2.82. The monoisotopic (exact) mass is 178 g/mol. The Morgan fingerprint density at radius 1 is 0.769 bits per heavy atom. The molecule has 0 spiro atoms. The summed E-state index contributed by atoms with van der Waals surface area (Å²) in [4.78, 5) is 6.65. The number of nitrogens with one attached hydrogen (secondary N) is 1. The molecule has 0 aromatic carbocycles. The Hall–Kier alpha value is -1.65. The van der Waals surface area contributed by atoms with Crippen LogP contribution in [0.25, 0.3) is 0 Å². The Morgan fingerprint density at radius 3 is 1.46 bits per heavy atom. The van der Waals surface area contributed by atoms with Crippen molar-refractivity contribution in [1.82, 2.24) is 9.97 Å². The molecule has 0 unspecified atom stereocenters. The van der Waals surface area contributed by atoms with Gasteiger partial charge in [-0.3, -0.25) is 16.7 Å². The zero-order valence-corrected chi connectivity index (χ0v) is 7.30. The fourth-order valence-corrected chi connectivity index (χ4v) is 0.590. The van der Waals surface area contributed by atoms with E-state index < -0.39 is 0 Å². The van der Waals surface area contributed by atoms with Crippen molar-refractivity contribution in [2.24, 2.45) is 11.7 Å². The summed E-state index contributed by atoms with van der Waals surface area (Å²) in [6.45, 7) is 0. The molecule has 0 aliphatic heterocycles. The van der Waals surface area contributed by atoms with E-state index in [0.29, 0.717) is 0 Å². The van der Waals surface area contributed by atoms with Gasteiger partial charge in [0.25, 0.3) is 0 Å². The maximum Gasteiger partial charge on any atom is 0.0267 e. The van der Waals surface area contributed by atoms with Gasteiger partial charge in [0.05, 0.1) is 0 Å². The topological polar surface area (TPSA) is 80.7 Å². The zero-order valence-electron chi connectivity index (χ0n) is 7.30. The fourth-order valence-electron chi connectivity index (χ4n) is 0.590. The normalized spacial score (nSPS) is 7.23. The summed E-state index contributed by atoms with van der Waals surface area (Å²) in [7, 11) is 0. The molecule has 13 heavy (non-hydrogen) atoms. The first-order valence-corrected chi connectivity index (χ1v) is 3.76. The number of hydrogen-bond acceptors (Lipinski definition) is 3. The summed E-state index contributed by atoms with van der Waals surface area (Å²) in [5, 5.41) is 0. The van der Waals surface area contributed by atoms with Gasteiger partial charge in [0.2, 0.25) is 0 Å². The third-order valence-electron chi connectivity index (χ3n) is 1.06. The van der Waals surface area contributed by atoms with E-state index in [2.05, 4.69) is 21.7 Å². The number of aromatic nitrogens is 2. The second-order valence-corrected chi connectivity index (χ2v) is 1.91. The van der Waals surface area contributed by atoms with Gasteiger partial charge in [0, 0.05) is 24.8 Å². The van der Waals surface area contributed by atoms with E-state index in [1.54, 1.807) is 12.4 Å². The largest absolute Gasteiger partial charge is 0.368 e. The molecule has 0 saturated heterocycles. The molecule has 2 rings (SSSR count). The van der Waals surface area contributed by atoms with E-state index in [9.17, 15) is 0 Å². The van der Waals surface area contributed by atoms with E-state index in [1.165, 1.54) is 0 Å². The summed E-state index contributed by atoms with van der Waals surface area (Å²) in [5.41, 5.74) is 0. The molecule has 2 aromatic heterocycles. The molecular weight excluding hydrogens is 164 g/mol. The molecule has 4 nitrogen and oxygen atoms in total. The summed E-state index contributed by atoms with van der Waals surface area (Å²) in [5.74, 6) is 8.00. The van der Waals surface area contributed by atoms with Crippen LogP contribution in [0.15, 0.2) is 55.1 Å². The van der Waals surface area contributed by atoms with Crippen LogP contribution in [0.5, 0.6) is 0 Å². The van der Waals surface area contributed by atoms with Crippen LogP contribution in [-0.4, -0.2) is 9.97 Å². The molecule has 70 valence electrons. The third-order valence-corrected chi connectivity index (χ3v) is 1.06. The predicted octanol–water partition coefficient (Wildman–Crippen LogP) is 0.915. The molecule has 0 bridgehead atoms. The van der Waals surface area contributed by atoms with Crippen LogP contribution >= 0.6 is 0 Å². The van der Waals surface area contributed by atoms with E-state index >= 15 is 0 Å². The highest BCUT2D eigenvalue weighted by molar-refractivity contribution is 4.88. The first-order chi connectivity index (χ1) is 6.50. The van der Waals surface area contributed by atoms with Gasteiger partial charge in [-0.2, -0.15) is 0 Å². The van der Waals surface area contributed by atoms with E-state index in [4.69, 9.17) is 0 Å². The number of pyridine rings is 1. The second kappa shape index (κ2) is 10.3. The number of nitrogens with zero attached hydrogens (tertiary/aromatic N) is 1. The summed E-state index contributed by atoms with van der Waals surface area (Å²) < 4.78 is 0. The zero-order chi connectivity index (χ0) is 9.78. The van der Waals surface area contributed by atoms with Gasteiger partial charge in [-0.05, 0) is 24.3 Å². The maximum absolute atomic E-state index is 4.00. The molecule has 0 fully saturated rings. The molecule has 0 aliphatic rings. The van der Waals surface area contributed by atoms with Crippen molar-refractivity contribution in [3.63, 3.8) is 0 Å². The van der Waals surface area contributed by atoms with Gasteiger partial charge in [-0.15, -0.1) is 0 Å². The molecule has 0 amide bonds. The van der Waals surface area contributed by atoms with Crippen LogP contribution in [-0.2, 0) is 0 Å². The van der Waals surface area contributed by atoms with Gasteiger partial charge in [0.15, 0.2) is 0 Å². The Kier molecular flexibility index (Phi) is 9.04. The SMILES string of the molecule is NN.c1cc[nH]c1.c1ccncc1. The molecule has 0 atom stereocenters. The van der Waals surface area contributed by atoms with Crippen LogP contribution in [0, 0.1) is 0 Å². The van der Waals surface area contributed by atoms with Crippen molar-refractivity contribution in [3.8, 4) is 0 Å². The van der Waals surface area contributed by atoms with E-state index in [0.717, 1.165) is 0 Å². The maximum atomic E-state index is 4.00. The van der Waals surface area contributed by atoms with E-state index in [-0.39, 0.29) is 0 Å². The molecule has 0 aliphatic carbocycles. The Bertz CT molecular complexity index is 197. The standard InChI is InChI=1S/C5H5N.C4H5N.H4N2/c1-2-4-6-5-3-1;1-2-4-5-3-1;1-2/h1-5H;1-5H;1-2H2. The third kappa shape index (κ3) is 8.25. The minimum Gasteiger partial charge on any atom is -0.368 e. The van der Waals surface area contributed by atoms with Crippen LogP contribution in [0.4, 0.5) is 0 Å². The van der Waals surface area contributed by atoms with Gasteiger partial charge in [0.1, 0.15) is 0 Å². The number of aromatic amines is 1. The quantitative estimate of drug-likeness (QED) is 0.414. The summed E-state index contributed by atoms with van der Waals surface area (Å²) in [6, 6.07) is 9.60. The van der Waals surface area contributed by atoms with Crippen molar-refractivity contribution in [2.45, 2.75) is 0 Å². The number of hydrazine groups is 1. The van der Waals surface area contributed by atoms with Crippen molar-refractivity contribution in [1.29, 1.82) is 0 Å². The predicted molar refractivity (Wildman–Crippen MR) is 53.4 cm³/mol. The molecule has 2 heterocycles. The average molecular weight is 178 g/mol. The van der Waals surface area contributed by atoms with E-state index in [1.807, 2.05) is 42.7 Å². The Labute approximate surface area is 77.6 Å². The van der Waals surface area contributed by atoms with Gasteiger partial charge < -0.3 is 4.98 Å². The molecule has 2 aromatic rings. The van der Waals surface area contributed by atoms with Gasteiger partial charge >= 0.3 is 0 Å². The smallest absolute Gasteiger partial charge is 0.0267 e. The summed E-state index contributed by atoms with van der Waals surface area (Å²) in [6.07, 6.45) is 7.25. The van der Waals surface area contributed by atoms with Crippen LogP contribution in [0.1, 0.15) is 0 Å². The number of hydrogen-bond donors (Lipinski definition) is 3. The highest BCUT2D eigenvalue weighted by atomic mass is 15.0. The first kappa shape index (κ1) is 11.4. The molecule has 0 radical (unpaired) electrons. The lowest BCUT2D eigenvalue weighted by atomic mass is 10.5. The fraction of sp³-hybridized carbons (Fsp3) is 0. The van der Waals surface area contributed by atoms with Crippen molar-refractivity contribution in [2.75, 3.05) is 0 Å². The number of nitrogens with two attached hydrogens (primary N) is 2.